The maximum absolute atomic E-state index is 12.7. The van der Waals surface area contributed by atoms with Gasteiger partial charge in [-0.1, -0.05) is 18.2 Å². The lowest BCUT2D eigenvalue weighted by Gasteiger charge is -2.32. The number of rotatable bonds is 5. The maximum Gasteiger partial charge on any atom is 0.254 e. The number of pyridine rings is 1. The molecule has 2 heterocycles. The highest BCUT2D eigenvalue weighted by Gasteiger charge is 2.25. The van der Waals surface area contributed by atoms with Gasteiger partial charge in [0.25, 0.3) is 5.91 Å². The first kappa shape index (κ1) is 18.3. The Hall–Kier alpha value is -2.45. The van der Waals surface area contributed by atoms with Crippen LogP contribution < -0.4 is 9.46 Å². The molecule has 1 N–H and O–H groups in total. The molecule has 1 fully saturated rings. The number of para-hydroxylation sites is 1. The highest BCUT2D eigenvalue weighted by atomic mass is 32.2. The maximum atomic E-state index is 12.7. The Bertz CT molecular complexity index is 863. The number of amides is 1. The topological polar surface area (TPSA) is 88.6 Å². The number of carbonyl (C=O) groups excluding carboxylic acids is 1. The second-order valence-corrected chi connectivity index (χ2v) is 8.03. The summed E-state index contributed by atoms with van der Waals surface area (Å²) in [6.07, 6.45) is 3.88. The summed E-state index contributed by atoms with van der Waals surface area (Å²) < 4.78 is 30.9. The average molecular weight is 375 g/mol. The minimum atomic E-state index is -3.23. The minimum absolute atomic E-state index is 0.108. The third-order valence-corrected chi connectivity index (χ3v) is 4.87. The fourth-order valence-corrected chi connectivity index (χ4v) is 3.73. The molecule has 26 heavy (non-hydrogen) atoms. The van der Waals surface area contributed by atoms with Gasteiger partial charge in [-0.15, -0.1) is 0 Å². The fourth-order valence-electron chi connectivity index (χ4n) is 2.89. The number of ether oxygens (including phenoxy) is 1. The molecule has 8 heteroatoms. The number of nitrogens with zero attached hydrogens (tertiary/aromatic N) is 2. The van der Waals surface area contributed by atoms with Gasteiger partial charge in [-0.3, -0.25) is 4.79 Å². The Morgan fingerprint density at radius 2 is 1.88 bits per heavy atom. The molecule has 0 unspecified atom stereocenters. The van der Waals surface area contributed by atoms with Crippen LogP contribution in [-0.2, 0) is 10.0 Å². The minimum Gasteiger partial charge on any atom is -0.439 e. The van der Waals surface area contributed by atoms with E-state index >= 15 is 0 Å². The van der Waals surface area contributed by atoms with Gasteiger partial charge in [-0.2, -0.15) is 0 Å². The first-order chi connectivity index (χ1) is 12.4. The Kier molecular flexibility index (Phi) is 5.53. The van der Waals surface area contributed by atoms with Gasteiger partial charge >= 0.3 is 0 Å². The van der Waals surface area contributed by atoms with Crippen molar-refractivity contribution in [1.29, 1.82) is 0 Å². The summed E-state index contributed by atoms with van der Waals surface area (Å²) in [6.45, 7) is 1.01. The molecule has 1 amide bonds. The van der Waals surface area contributed by atoms with Crippen molar-refractivity contribution in [1.82, 2.24) is 14.6 Å². The second-order valence-electron chi connectivity index (χ2n) is 6.25. The molecule has 1 aliphatic rings. The van der Waals surface area contributed by atoms with Crippen LogP contribution in [0.3, 0.4) is 0 Å². The van der Waals surface area contributed by atoms with Gasteiger partial charge in [0.05, 0.1) is 6.26 Å². The summed E-state index contributed by atoms with van der Waals surface area (Å²) >= 11 is 0. The first-order valence-electron chi connectivity index (χ1n) is 8.36. The molecule has 0 spiro atoms. The molecular weight excluding hydrogens is 354 g/mol. The van der Waals surface area contributed by atoms with E-state index in [1.165, 1.54) is 0 Å². The molecule has 3 rings (SSSR count). The average Bonchev–Trinajstić information content (AvgIpc) is 2.61. The van der Waals surface area contributed by atoms with Gasteiger partial charge in [0, 0.05) is 37.0 Å². The van der Waals surface area contributed by atoms with Crippen LogP contribution in [0.2, 0.25) is 0 Å². The summed E-state index contributed by atoms with van der Waals surface area (Å²) in [5, 5.41) is 0. The lowest BCUT2D eigenvalue weighted by molar-refractivity contribution is 0.0711. The third kappa shape index (κ3) is 5.03. The summed E-state index contributed by atoms with van der Waals surface area (Å²) in [5.74, 6) is 0.899. The van der Waals surface area contributed by atoms with Crippen molar-refractivity contribution in [2.24, 2.45) is 0 Å². The summed E-state index contributed by atoms with van der Waals surface area (Å²) in [5.41, 5.74) is 0.500. The third-order valence-electron chi connectivity index (χ3n) is 4.11. The van der Waals surface area contributed by atoms with E-state index in [0.717, 1.165) is 6.26 Å². The van der Waals surface area contributed by atoms with Gasteiger partial charge in [0.15, 0.2) is 0 Å². The van der Waals surface area contributed by atoms with E-state index in [-0.39, 0.29) is 11.9 Å². The van der Waals surface area contributed by atoms with E-state index < -0.39 is 10.0 Å². The van der Waals surface area contributed by atoms with Crippen LogP contribution in [0.25, 0.3) is 0 Å². The van der Waals surface area contributed by atoms with Gasteiger partial charge in [-0.05, 0) is 31.0 Å². The first-order valence-corrected chi connectivity index (χ1v) is 10.3. The van der Waals surface area contributed by atoms with Crippen molar-refractivity contribution >= 4 is 15.9 Å². The Morgan fingerprint density at radius 1 is 1.19 bits per heavy atom. The normalized spacial score (nSPS) is 15.7. The Balaban J connectivity index is 1.63. The number of carbonyl (C=O) groups is 1. The van der Waals surface area contributed by atoms with Crippen molar-refractivity contribution in [2.45, 2.75) is 18.9 Å². The largest absolute Gasteiger partial charge is 0.439 e. The molecule has 138 valence electrons. The summed E-state index contributed by atoms with van der Waals surface area (Å²) in [4.78, 5) is 18.6. The number of hydrogen-bond donors (Lipinski definition) is 1. The van der Waals surface area contributed by atoms with E-state index in [2.05, 4.69) is 9.71 Å². The summed E-state index contributed by atoms with van der Waals surface area (Å²) in [6, 6.07) is 12.4. The van der Waals surface area contributed by atoms with Crippen LogP contribution in [0.5, 0.6) is 11.6 Å². The van der Waals surface area contributed by atoms with E-state index in [1.807, 2.05) is 30.3 Å². The van der Waals surface area contributed by atoms with Gasteiger partial charge in [0.2, 0.25) is 15.9 Å². The number of nitrogens with one attached hydrogen (secondary N) is 1. The highest BCUT2D eigenvalue weighted by molar-refractivity contribution is 7.88. The van der Waals surface area contributed by atoms with Gasteiger partial charge < -0.3 is 9.64 Å². The molecule has 0 saturated carbocycles. The second kappa shape index (κ2) is 7.84. The molecule has 1 aliphatic heterocycles. The van der Waals surface area contributed by atoms with Gasteiger partial charge in [0.1, 0.15) is 5.75 Å². The number of sulfonamides is 1. The standard InChI is InChI=1S/C18H21N3O4S/c1-26(23,24)20-15-8-11-21(12-9-15)18(22)14-7-10-19-17(13-14)25-16-5-3-2-4-6-16/h2-7,10,13,15,20H,8-9,11-12H2,1H3. The Morgan fingerprint density at radius 3 is 2.54 bits per heavy atom. The molecule has 2 aromatic rings. The fraction of sp³-hybridized carbons (Fsp3) is 0.333. The number of aromatic nitrogens is 1. The molecular formula is C18H21N3O4S. The lowest BCUT2D eigenvalue weighted by atomic mass is 10.1. The number of hydrogen-bond acceptors (Lipinski definition) is 5. The lowest BCUT2D eigenvalue weighted by Crippen LogP contribution is -2.46. The van der Waals surface area contributed by atoms with Crippen LogP contribution >= 0.6 is 0 Å². The molecule has 0 atom stereocenters. The van der Waals surface area contributed by atoms with Crippen LogP contribution in [0.4, 0.5) is 0 Å². The van der Waals surface area contributed by atoms with Crippen molar-refractivity contribution in [2.75, 3.05) is 19.3 Å². The van der Waals surface area contributed by atoms with Crippen LogP contribution in [0, 0.1) is 0 Å². The van der Waals surface area contributed by atoms with Gasteiger partial charge in [-0.25, -0.2) is 18.1 Å². The SMILES string of the molecule is CS(=O)(=O)NC1CCN(C(=O)c2ccnc(Oc3ccccc3)c2)CC1. The van der Waals surface area contributed by atoms with Crippen LogP contribution in [0.15, 0.2) is 48.7 Å². The Labute approximate surface area is 153 Å². The zero-order valence-corrected chi connectivity index (χ0v) is 15.3. The van der Waals surface area contributed by atoms with Crippen molar-refractivity contribution in [3.8, 4) is 11.6 Å². The smallest absolute Gasteiger partial charge is 0.254 e. The van der Waals surface area contributed by atoms with Crippen LogP contribution in [-0.4, -0.2) is 49.6 Å². The monoisotopic (exact) mass is 375 g/mol. The molecule has 0 aliphatic carbocycles. The highest BCUT2D eigenvalue weighted by Crippen LogP contribution is 2.21. The molecule has 0 radical (unpaired) electrons. The zero-order valence-electron chi connectivity index (χ0n) is 14.5. The summed E-state index contributed by atoms with van der Waals surface area (Å²) in [7, 11) is -3.23. The molecule has 1 aromatic heterocycles. The molecule has 7 nitrogen and oxygen atoms in total. The number of likely N-dealkylation sites (tertiary alicyclic amines) is 1. The zero-order chi connectivity index (χ0) is 18.6. The molecule has 1 saturated heterocycles. The van der Waals surface area contributed by atoms with Crippen molar-refractivity contribution in [3.05, 3.63) is 54.2 Å². The molecule has 0 bridgehead atoms. The van der Waals surface area contributed by atoms with E-state index in [9.17, 15) is 13.2 Å². The van der Waals surface area contributed by atoms with E-state index in [1.54, 1.807) is 23.2 Å². The number of benzene rings is 1. The van der Waals surface area contributed by atoms with Crippen molar-refractivity contribution in [3.63, 3.8) is 0 Å². The van der Waals surface area contributed by atoms with Crippen molar-refractivity contribution < 1.29 is 17.9 Å². The van der Waals surface area contributed by atoms with E-state index in [0.29, 0.717) is 43.1 Å². The quantitative estimate of drug-likeness (QED) is 0.864. The molecule has 1 aromatic carbocycles. The predicted octanol–water partition coefficient (Wildman–Crippen LogP) is 2.03. The van der Waals surface area contributed by atoms with Crippen LogP contribution in [0.1, 0.15) is 23.2 Å². The predicted molar refractivity (Wildman–Crippen MR) is 97.7 cm³/mol. The number of piperidine rings is 1. The van der Waals surface area contributed by atoms with E-state index in [4.69, 9.17) is 4.74 Å².